The fourth-order valence-corrected chi connectivity index (χ4v) is 1.12. The number of nitrogens with zero attached hydrogens (tertiary/aromatic N) is 1. The molecule has 0 aliphatic heterocycles. The van der Waals surface area contributed by atoms with Crippen molar-refractivity contribution in [2.45, 2.75) is 0 Å². The molecule has 2 N–H and O–H groups in total. The van der Waals surface area contributed by atoms with Gasteiger partial charge in [-0.2, -0.15) is 5.10 Å². The van der Waals surface area contributed by atoms with Crippen LogP contribution < -0.4 is 5.32 Å². The van der Waals surface area contributed by atoms with Crippen LogP contribution >= 0.6 is 0 Å². The molecule has 0 bridgehead atoms. The monoisotopic (exact) mass is 191 g/mol. The van der Waals surface area contributed by atoms with Gasteiger partial charge in [-0.3, -0.25) is 9.89 Å². The molecule has 2 rings (SSSR count). The molecule has 0 unspecified atom stereocenters. The second kappa shape index (κ2) is 3.37. The summed E-state index contributed by atoms with van der Waals surface area (Å²) in [6.07, 6.45) is 1.57. The Balaban J connectivity index is 2.31. The quantitative estimate of drug-likeness (QED) is 0.744. The van der Waals surface area contributed by atoms with Crippen molar-refractivity contribution < 1.29 is 9.21 Å². The van der Waals surface area contributed by atoms with Crippen LogP contribution in [-0.4, -0.2) is 23.2 Å². The van der Waals surface area contributed by atoms with Crippen molar-refractivity contribution in [3.63, 3.8) is 0 Å². The van der Waals surface area contributed by atoms with Gasteiger partial charge in [0.2, 0.25) is 0 Å². The first kappa shape index (κ1) is 8.55. The van der Waals surface area contributed by atoms with Gasteiger partial charge in [0.25, 0.3) is 5.91 Å². The van der Waals surface area contributed by atoms with Crippen molar-refractivity contribution in [2.24, 2.45) is 0 Å². The average molecular weight is 191 g/mol. The highest BCUT2D eigenvalue weighted by Crippen LogP contribution is 2.17. The SMILES string of the molecule is CNC(=O)c1cc(-c2ccco2)[nH]n1. The lowest BCUT2D eigenvalue weighted by molar-refractivity contribution is 0.0958. The Hall–Kier alpha value is -2.04. The molecule has 5 heteroatoms. The van der Waals surface area contributed by atoms with Gasteiger partial charge in [0, 0.05) is 13.1 Å². The molecule has 0 aliphatic rings. The van der Waals surface area contributed by atoms with Crippen molar-refractivity contribution in [3.05, 3.63) is 30.2 Å². The van der Waals surface area contributed by atoms with E-state index in [9.17, 15) is 4.79 Å². The minimum atomic E-state index is -0.223. The van der Waals surface area contributed by atoms with Crippen LogP contribution in [0.25, 0.3) is 11.5 Å². The van der Waals surface area contributed by atoms with E-state index in [1.165, 1.54) is 0 Å². The number of carbonyl (C=O) groups excluding carboxylic acids is 1. The fourth-order valence-electron chi connectivity index (χ4n) is 1.12. The Morgan fingerprint density at radius 3 is 3.14 bits per heavy atom. The Kier molecular flexibility index (Phi) is 2.06. The van der Waals surface area contributed by atoms with Crippen LogP contribution in [0.4, 0.5) is 0 Å². The summed E-state index contributed by atoms with van der Waals surface area (Å²) in [5.74, 6) is 0.437. The Morgan fingerprint density at radius 2 is 2.50 bits per heavy atom. The van der Waals surface area contributed by atoms with Crippen LogP contribution in [0.15, 0.2) is 28.9 Å². The number of rotatable bonds is 2. The second-order valence-corrected chi connectivity index (χ2v) is 2.72. The summed E-state index contributed by atoms with van der Waals surface area (Å²) in [4.78, 5) is 11.2. The molecule has 2 heterocycles. The molecular formula is C9H9N3O2. The molecule has 0 atom stereocenters. The number of amides is 1. The van der Waals surface area contributed by atoms with E-state index in [1.807, 2.05) is 0 Å². The minimum Gasteiger partial charge on any atom is -0.463 e. The third-order valence-corrected chi connectivity index (χ3v) is 1.82. The van der Waals surface area contributed by atoms with E-state index in [2.05, 4.69) is 15.5 Å². The maximum atomic E-state index is 11.2. The third-order valence-electron chi connectivity index (χ3n) is 1.82. The third kappa shape index (κ3) is 1.39. The highest BCUT2D eigenvalue weighted by molar-refractivity contribution is 5.92. The highest BCUT2D eigenvalue weighted by atomic mass is 16.3. The lowest BCUT2D eigenvalue weighted by Gasteiger charge is -1.90. The summed E-state index contributed by atoms with van der Waals surface area (Å²) in [5, 5.41) is 9.05. The molecule has 2 aromatic heterocycles. The smallest absolute Gasteiger partial charge is 0.271 e. The minimum absolute atomic E-state index is 0.223. The molecule has 0 aromatic carbocycles. The lowest BCUT2D eigenvalue weighted by Crippen LogP contribution is -2.17. The summed E-state index contributed by atoms with van der Waals surface area (Å²) >= 11 is 0. The van der Waals surface area contributed by atoms with Gasteiger partial charge in [0.05, 0.1) is 6.26 Å². The largest absolute Gasteiger partial charge is 0.463 e. The van der Waals surface area contributed by atoms with Gasteiger partial charge in [-0.1, -0.05) is 0 Å². The standard InChI is InChI=1S/C9H9N3O2/c1-10-9(13)7-5-6(11-12-7)8-3-2-4-14-8/h2-5H,1H3,(H,10,13)(H,11,12). The van der Waals surface area contributed by atoms with Crippen LogP contribution in [0.2, 0.25) is 0 Å². The van der Waals surface area contributed by atoms with E-state index < -0.39 is 0 Å². The summed E-state index contributed by atoms with van der Waals surface area (Å²) in [6, 6.07) is 5.20. The molecule has 0 radical (unpaired) electrons. The molecule has 0 spiro atoms. The summed E-state index contributed by atoms with van der Waals surface area (Å²) in [6.45, 7) is 0. The topological polar surface area (TPSA) is 70.9 Å². The second-order valence-electron chi connectivity index (χ2n) is 2.72. The van der Waals surface area contributed by atoms with Gasteiger partial charge in [0.15, 0.2) is 11.5 Å². The maximum absolute atomic E-state index is 11.2. The Labute approximate surface area is 80.1 Å². The maximum Gasteiger partial charge on any atom is 0.271 e. The molecule has 72 valence electrons. The predicted octanol–water partition coefficient (Wildman–Crippen LogP) is 1.03. The van der Waals surface area contributed by atoms with Crippen LogP contribution in [0.1, 0.15) is 10.5 Å². The fraction of sp³-hybridized carbons (Fsp3) is 0.111. The molecule has 0 saturated carbocycles. The number of aromatic nitrogens is 2. The van der Waals surface area contributed by atoms with Crippen LogP contribution in [0.5, 0.6) is 0 Å². The van der Waals surface area contributed by atoms with Gasteiger partial charge in [-0.25, -0.2) is 0 Å². The zero-order valence-corrected chi connectivity index (χ0v) is 7.57. The zero-order valence-electron chi connectivity index (χ0n) is 7.57. The van der Waals surface area contributed by atoms with E-state index in [4.69, 9.17) is 4.42 Å². The molecule has 0 fully saturated rings. The van der Waals surface area contributed by atoms with E-state index in [0.717, 1.165) is 0 Å². The van der Waals surface area contributed by atoms with Gasteiger partial charge in [0.1, 0.15) is 5.69 Å². The van der Waals surface area contributed by atoms with E-state index >= 15 is 0 Å². The first-order valence-corrected chi connectivity index (χ1v) is 4.12. The molecular weight excluding hydrogens is 182 g/mol. The number of carbonyl (C=O) groups is 1. The van der Waals surface area contributed by atoms with Crippen LogP contribution in [-0.2, 0) is 0 Å². The van der Waals surface area contributed by atoms with Crippen molar-refractivity contribution >= 4 is 5.91 Å². The number of hydrogen-bond donors (Lipinski definition) is 2. The van der Waals surface area contributed by atoms with Crippen molar-refractivity contribution in [1.82, 2.24) is 15.5 Å². The number of furan rings is 1. The average Bonchev–Trinajstić information content (AvgIpc) is 2.86. The van der Waals surface area contributed by atoms with Gasteiger partial charge < -0.3 is 9.73 Å². The van der Waals surface area contributed by atoms with Gasteiger partial charge in [-0.15, -0.1) is 0 Å². The molecule has 5 nitrogen and oxygen atoms in total. The summed E-state index contributed by atoms with van der Waals surface area (Å²) in [7, 11) is 1.56. The Bertz CT molecular complexity index is 431. The number of hydrogen-bond acceptors (Lipinski definition) is 3. The normalized spacial score (nSPS) is 10.1. The zero-order chi connectivity index (χ0) is 9.97. The van der Waals surface area contributed by atoms with Crippen LogP contribution in [0, 0.1) is 0 Å². The van der Waals surface area contributed by atoms with E-state index in [1.54, 1.807) is 31.5 Å². The van der Waals surface area contributed by atoms with Gasteiger partial charge in [-0.05, 0) is 12.1 Å². The molecule has 0 saturated heterocycles. The van der Waals surface area contributed by atoms with E-state index in [-0.39, 0.29) is 5.91 Å². The van der Waals surface area contributed by atoms with Crippen molar-refractivity contribution in [3.8, 4) is 11.5 Å². The molecule has 1 amide bonds. The molecule has 14 heavy (non-hydrogen) atoms. The first-order chi connectivity index (χ1) is 6.81. The van der Waals surface area contributed by atoms with Crippen LogP contribution in [0.3, 0.4) is 0 Å². The van der Waals surface area contributed by atoms with Crippen molar-refractivity contribution in [2.75, 3.05) is 7.05 Å². The summed E-state index contributed by atoms with van der Waals surface area (Å²) < 4.78 is 5.14. The highest BCUT2D eigenvalue weighted by Gasteiger charge is 2.10. The van der Waals surface area contributed by atoms with Gasteiger partial charge >= 0.3 is 0 Å². The lowest BCUT2D eigenvalue weighted by atomic mass is 10.3. The number of H-pyrrole nitrogens is 1. The summed E-state index contributed by atoms with van der Waals surface area (Å²) in [5.41, 5.74) is 1.03. The first-order valence-electron chi connectivity index (χ1n) is 4.12. The van der Waals surface area contributed by atoms with Crippen molar-refractivity contribution in [1.29, 1.82) is 0 Å². The number of aromatic amines is 1. The Morgan fingerprint density at radius 1 is 1.64 bits per heavy atom. The van der Waals surface area contributed by atoms with E-state index in [0.29, 0.717) is 17.1 Å². The predicted molar refractivity (Wildman–Crippen MR) is 49.7 cm³/mol. The molecule has 0 aliphatic carbocycles. The number of nitrogens with one attached hydrogen (secondary N) is 2. The molecule has 2 aromatic rings.